The zero-order valence-corrected chi connectivity index (χ0v) is 19.8. The number of rotatable bonds is 11. The van der Waals surface area contributed by atoms with Crippen molar-refractivity contribution in [3.63, 3.8) is 0 Å². The van der Waals surface area contributed by atoms with Crippen LogP contribution in [0.15, 0.2) is 25.3 Å². The third-order valence-electron chi connectivity index (χ3n) is 5.70. The minimum Gasteiger partial charge on any atom is -0.330 e. The summed E-state index contributed by atoms with van der Waals surface area (Å²) in [6.45, 7) is 21.9. The van der Waals surface area contributed by atoms with Crippen LogP contribution in [0.1, 0.15) is 80.1 Å². The average molecular weight is 381 g/mol. The normalized spacial score (nSPS) is 21.1. The number of hydrogen-bond acceptors (Lipinski definition) is 2. The van der Waals surface area contributed by atoms with E-state index in [0.29, 0.717) is 0 Å². The van der Waals surface area contributed by atoms with Crippen molar-refractivity contribution in [3.8, 4) is 0 Å². The molecule has 0 spiro atoms. The summed E-state index contributed by atoms with van der Waals surface area (Å²) < 4.78 is 0. The lowest BCUT2D eigenvalue weighted by molar-refractivity contribution is 0.161. The summed E-state index contributed by atoms with van der Waals surface area (Å²) in [5.74, 6) is 5.00. The molecule has 0 saturated heterocycles. The Morgan fingerprint density at radius 1 is 1.11 bits per heavy atom. The van der Waals surface area contributed by atoms with Crippen LogP contribution in [-0.2, 0) is 0 Å². The van der Waals surface area contributed by atoms with Gasteiger partial charge >= 0.3 is 0 Å². The molecular weight excluding hydrogens is 328 g/mol. The highest BCUT2D eigenvalue weighted by Gasteiger charge is 2.30. The topological polar surface area (TPSA) is 38.0 Å². The summed E-state index contributed by atoms with van der Waals surface area (Å²) in [5, 5.41) is 3.25. The maximum absolute atomic E-state index is 5.62. The van der Waals surface area contributed by atoms with E-state index in [2.05, 4.69) is 72.2 Å². The Morgan fingerprint density at radius 3 is 2.11 bits per heavy atom. The van der Waals surface area contributed by atoms with Gasteiger partial charge in [0.1, 0.15) is 0 Å². The van der Waals surface area contributed by atoms with Gasteiger partial charge in [-0.05, 0) is 81.3 Å². The van der Waals surface area contributed by atoms with Crippen LogP contribution in [0.25, 0.3) is 0 Å². The number of nitrogens with two attached hydrogens (primary N) is 1. The van der Waals surface area contributed by atoms with Crippen molar-refractivity contribution < 1.29 is 0 Å². The van der Waals surface area contributed by atoms with E-state index in [1.807, 2.05) is 7.05 Å². The zero-order valence-electron chi connectivity index (χ0n) is 19.8. The molecule has 1 saturated carbocycles. The molecule has 0 bridgehead atoms. The Hall–Kier alpha value is -0.600. The molecule has 2 unspecified atom stereocenters. The average Bonchev–Trinajstić information content (AvgIpc) is 2.59. The predicted molar refractivity (Wildman–Crippen MR) is 126 cm³/mol. The third-order valence-corrected chi connectivity index (χ3v) is 5.70. The second-order valence-corrected chi connectivity index (χ2v) is 8.95. The second kappa shape index (κ2) is 18.7. The lowest BCUT2D eigenvalue weighted by Crippen LogP contribution is -2.33. The van der Waals surface area contributed by atoms with Crippen LogP contribution in [0, 0.1) is 35.5 Å². The Labute approximate surface area is 172 Å². The van der Waals surface area contributed by atoms with E-state index in [0.717, 1.165) is 48.6 Å². The monoisotopic (exact) mass is 380 g/mol. The van der Waals surface area contributed by atoms with Gasteiger partial charge in [-0.25, -0.2) is 0 Å². The molecule has 0 aliphatic heterocycles. The lowest BCUT2D eigenvalue weighted by Gasteiger charge is -2.37. The van der Waals surface area contributed by atoms with Crippen LogP contribution in [-0.4, -0.2) is 20.1 Å². The maximum Gasteiger partial charge on any atom is -0.00210 e. The second-order valence-electron chi connectivity index (χ2n) is 8.95. The van der Waals surface area contributed by atoms with E-state index in [1.54, 1.807) is 0 Å². The number of nitrogens with one attached hydrogen (secondary N) is 1. The third kappa shape index (κ3) is 15.0. The summed E-state index contributed by atoms with van der Waals surface area (Å²) in [6.07, 6.45) is 12.7. The van der Waals surface area contributed by atoms with Crippen molar-refractivity contribution in [1.29, 1.82) is 0 Å². The zero-order chi connectivity index (χ0) is 21.2. The molecule has 3 N–H and O–H groups in total. The Balaban J connectivity index is 0. The number of allylic oxidation sites excluding steroid dienone is 2. The van der Waals surface area contributed by atoms with Crippen LogP contribution < -0.4 is 11.1 Å². The molecule has 0 aromatic carbocycles. The molecular formula is C25H52N2. The first-order valence-electron chi connectivity index (χ1n) is 11.4. The van der Waals surface area contributed by atoms with Gasteiger partial charge in [-0.15, -0.1) is 13.2 Å². The molecule has 0 amide bonds. The summed E-state index contributed by atoms with van der Waals surface area (Å²) in [5.41, 5.74) is 5.62. The maximum atomic E-state index is 5.62. The van der Waals surface area contributed by atoms with Crippen molar-refractivity contribution in [2.24, 2.45) is 41.2 Å². The first kappa shape index (κ1) is 28.6. The van der Waals surface area contributed by atoms with Crippen molar-refractivity contribution in [2.45, 2.75) is 80.1 Å². The summed E-state index contributed by atoms with van der Waals surface area (Å²) in [4.78, 5) is 0. The Kier molecular flexibility index (Phi) is 19.9. The van der Waals surface area contributed by atoms with Crippen molar-refractivity contribution in [2.75, 3.05) is 20.1 Å². The van der Waals surface area contributed by atoms with Crippen LogP contribution in [0.4, 0.5) is 0 Å². The molecule has 2 atom stereocenters. The van der Waals surface area contributed by atoms with E-state index in [1.165, 1.54) is 38.5 Å². The number of unbranched alkanes of at least 4 members (excludes halogenated alkanes) is 2. The fourth-order valence-corrected chi connectivity index (χ4v) is 3.66. The molecule has 2 heteroatoms. The quantitative estimate of drug-likeness (QED) is 0.310. The summed E-state index contributed by atoms with van der Waals surface area (Å²) in [7, 11) is 2.04. The summed E-state index contributed by atoms with van der Waals surface area (Å²) in [6, 6.07) is 0. The lowest BCUT2D eigenvalue weighted by atomic mass is 9.69. The fourth-order valence-electron chi connectivity index (χ4n) is 3.66. The standard InChI is InChI=1S/C13H25N.C10H23N.C2H4/c1-3-4-5-6-7-11(2)13-8-12(9-13)10-14;1-8(2)6-10(7-11-5)9(3)4;1-2/h6-7,11-13H,3-5,8-10,14H2,1-2H3;8-11H,6-7H2,1-5H3;1-2H2. The van der Waals surface area contributed by atoms with E-state index in [-0.39, 0.29) is 0 Å². The molecule has 0 heterocycles. The van der Waals surface area contributed by atoms with Gasteiger partial charge in [-0.3, -0.25) is 0 Å². The van der Waals surface area contributed by atoms with E-state index < -0.39 is 0 Å². The SMILES string of the molecule is C=C.CCCCC=CC(C)C1CC(CN)C1.CNCC(CC(C)C)C(C)C. The molecule has 0 aromatic rings. The minimum absolute atomic E-state index is 0.773. The highest BCUT2D eigenvalue weighted by Crippen LogP contribution is 2.38. The molecule has 1 rings (SSSR count). The first-order chi connectivity index (χ1) is 12.8. The van der Waals surface area contributed by atoms with Gasteiger partial charge in [0, 0.05) is 0 Å². The van der Waals surface area contributed by atoms with E-state index >= 15 is 0 Å². The molecule has 27 heavy (non-hydrogen) atoms. The molecule has 2 nitrogen and oxygen atoms in total. The first-order valence-corrected chi connectivity index (χ1v) is 11.4. The van der Waals surface area contributed by atoms with Gasteiger partial charge in [0.2, 0.25) is 0 Å². The number of hydrogen-bond donors (Lipinski definition) is 2. The van der Waals surface area contributed by atoms with Crippen molar-refractivity contribution in [1.82, 2.24) is 5.32 Å². The van der Waals surface area contributed by atoms with Gasteiger partial charge in [-0.1, -0.05) is 66.5 Å². The molecule has 1 aliphatic rings. The van der Waals surface area contributed by atoms with Gasteiger partial charge in [-0.2, -0.15) is 0 Å². The van der Waals surface area contributed by atoms with Crippen LogP contribution in [0.3, 0.4) is 0 Å². The highest BCUT2D eigenvalue weighted by atomic mass is 14.8. The van der Waals surface area contributed by atoms with E-state index in [9.17, 15) is 0 Å². The smallest absolute Gasteiger partial charge is 0.00210 e. The van der Waals surface area contributed by atoms with Crippen molar-refractivity contribution >= 4 is 0 Å². The predicted octanol–water partition coefficient (Wildman–Crippen LogP) is 6.68. The fraction of sp³-hybridized carbons (Fsp3) is 0.840. The highest BCUT2D eigenvalue weighted by molar-refractivity contribution is 4.94. The van der Waals surface area contributed by atoms with Gasteiger partial charge in [0.15, 0.2) is 0 Å². The molecule has 1 aliphatic carbocycles. The molecule has 1 fully saturated rings. The molecule has 162 valence electrons. The Bertz CT molecular complexity index is 329. The van der Waals surface area contributed by atoms with Gasteiger partial charge < -0.3 is 11.1 Å². The van der Waals surface area contributed by atoms with Crippen molar-refractivity contribution in [3.05, 3.63) is 25.3 Å². The van der Waals surface area contributed by atoms with Crippen LogP contribution >= 0.6 is 0 Å². The van der Waals surface area contributed by atoms with E-state index in [4.69, 9.17) is 5.73 Å². The largest absolute Gasteiger partial charge is 0.330 e. The Morgan fingerprint density at radius 2 is 1.70 bits per heavy atom. The molecule has 0 aromatic heterocycles. The van der Waals surface area contributed by atoms with Crippen LogP contribution in [0.5, 0.6) is 0 Å². The summed E-state index contributed by atoms with van der Waals surface area (Å²) >= 11 is 0. The van der Waals surface area contributed by atoms with Crippen LogP contribution in [0.2, 0.25) is 0 Å². The van der Waals surface area contributed by atoms with Gasteiger partial charge in [0.25, 0.3) is 0 Å². The minimum atomic E-state index is 0.773. The van der Waals surface area contributed by atoms with Gasteiger partial charge in [0.05, 0.1) is 0 Å². The molecule has 0 radical (unpaired) electrons.